The number of hydrogen-bond acceptors (Lipinski definition) is 3. The SMILES string of the molecule is CC(C)(C)C(=O)CS(=O)(=O)c1ccc(C(C)(C)C)cc1. The Hall–Kier alpha value is -1.16. The van der Waals surface area contributed by atoms with Crippen molar-refractivity contribution in [3.05, 3.63) is 29.8 Å². The third kappa shape index (κ3) is 4.17. The van der Waals surface area contributed by atoms with Crippen molar-refractivity contribution in [3.8, 4) is 0 Å². The smallest absolute Gasteiger partial charge is 0.185 e. The molecule has 0 aromatic heterocycles. The molecule has 0 saturated heterocycles. The predicted octanol–water partition coefficient (Wildman–Crippen LogP) is 3.37. The fourth-order valence-corrected chi connectivity index (χ4v) is 3.13. The monoisotopic (exact) mass is 296 g/mol. The number of carbonyl (C=O) groups is 1. The van der Waals surface area contributed by atoms with E-state index in [1.54, 1.807) is 32.9 Å². The van der Waals surface area contributed by atoms with E-state index in [1.807, 2.05) is 12.1 Å². The molecule has 0 bridgehead atoms. The Morgan fingerprint density at radius 3 is 1.75 bits per heavy atom. The fraction of sp³-hybridized carbons (Fsp3) is 0.562. The third-order valence-electron chi connectivity index (χ3n) is 3.24. The van der Waals surface area contributed by atoms with E-state index < -0.39 is 21.0 Å². The van der Waals surface area contributed by atoms with Gasteiger partial charge in [-0.2, -0.15) is 0 Å². The van der Waals surface area contributed by atoms with Crippen molar-refractivity contribution in [3.63, 3.8) is 0 Å². The number of hydrogen-bond donors (Lipinski definition) is 0. The van der Waals surface area contributed by atoms with E-state index in [-0.39, 0.29) is 16.1 Å². The van der Waals surface area contributed by atoms with Gasteiger partial charge in [-0.3, -0.25) is 4.79 Å². The summed E-state index contributed by atoms with van der Waals surface area (Å²) in [6.45, 7) is 11.4. The maximum atomic E-state index is 12.2. The van der Waals surface area contributed by atoms with E-state index in [0.29, 0.717) is 0 Å². The molecular formula is C16H24O3S. The zero-order chi connectivity index (χ0) is 15.8. The number of carbonyl (C=O) groups excluding carboxylic acids is 1. The second kappa shape index (κ2) is 5.32. The van der Waals surface area contributed by atoms with E-state index in [2.05, 4.69) is 20.8 Å². The first-order chi connectivity index (χ1) is 8.84. The average Bonchev–Trinajstić information content (AvgIpc) is 2.26. The molecule has 0 amide bonds. The van der Waals surface area contributed by atoms with Gasteiger partial charge in [0.1, 0.15) is 5.75 Å². The molecule has 0 fully saturated rings. The summed E-state index contributed by atoms with van der Waals surface area (Å²) in [6.07, 6.45) is 0. The first-order valence-electron chi connectivity index (χ1n) is 6.71. The molecule has 1 rings (SSSR count). The summed E-state index contributed by atoms with van der Waals surface area (Å²) in [6, 6.07) is 6.81. The van der Waals surface area contributed by atoms with Crippen LogP contribution in [0.25, 0.3) is 0 Å². The molecule has 4 heteroatoms. The lowest BCUT2D eigenvalue weighted by molar-refractivity contribution is -0.123. The molecule has 3 nitrogen and oxygen atoms in total. The van der Waals surface area contributed by atoms with Crippen molar-refractivity contribution in [2.24, 2.45) is 5.41 Å². The summed E-state index contributed by atoms with van der Waals surface area (Å²) < 4.78 is 24.5. The van der Waals surface area contributed by atoms with Gasteiger partial charge in [0.05, 0.1) is 4.90 Å². The summed E-state index contributed by atoms with van der Waals surface area (Å²) >= 11 is 0. The van der Waals surface area contributed by atoms with Crippen LogP contribution in [0.3, 0.4) is 0 Å². The first kappa shape index (κ1) is 16.9. The van der Waals surface area contributed by atoms with E-state index in [9.17, 15) is 13.2 Å². The van der Waals surface area contributed by atoms with Crippen LogP contribution in [0.4, 0.5) is 0 Å². The Morgan fingerprint density at radius 1 is 0.950 bits per heavy atom. The molecule has 1 aromatic rings. The van der Waals surface area contributed by atoms with Gasteiger partial charge in [-0.25, -0.2) is 8.42 Å². The molecule has 0 spiro atoms. The quantitative estimate of drug-likeness (QED) is 0.859. The van der Waals surface area contributed by atoms with Gasteiger partial charge in [-0.1, -0.05) is 53.7 Å². The van der Waals surface area contributed by atoms with Crippen LogP contribution in [0.15, 0.2) is 29.2 Å². The second-order valence-electron chi connectivity index (χ2n) is 7.21. The number of Topliss-reactive ketones (excluding diaryl/α,β-unsaturated/α-hetero) is 1. The number of rotatable bonds is 3. The number of sulfone groups is 1. The van der Waals surface area contributed by atoms with Crippen molar-refractivity contribution in [2.75, 3.05) is 5.75 Å². The van der Waals surface area contributed by atoms with Gasteiger partial charge >= 0.3 is 0 Å². The summed E-state index contributed by atoms with van der Waals surface area (Å²) in [5.41, 5.74) is 0.403. The van der Waals surface area contributed by atoms with Crippen molar-refractivity contribution >= 4 is 15.6 Å². The van der Waals surface area contributed by atoms with Gasteiger partial charge in [0, 0.05) is 5.41 Å². The highest BCUT2D eigenvalue weighted by Crippen LogP contribution is 2.24. The second-order valence-corrected chi connectivity index (χ2v) is 9.20. The van der Waals surface area contributed by atoms with Gasteiger partial charge in [0.15, 0.2) is 15.6 Å². The molecule has 0 atom stereocenters. The van der Waals surface area contributed by atoms with Crippen molar-refractivity contribution in [2.45, 2.75) is 51.9 Å². The Kier molecular flexibility index (Phi) is 4.49. The third-order valence-corrected chi connectivity index (χ3v) is 4.87. The van der Waals surface area contributed by atoms with Crippen LogP contribution in [0.2, 0.25) is 0 Å². The van der Waals surface area contributed by atoms with Gasteiger partial charge in [-0.15, -0.1) is 0 Å². The zero-order valence-electron chi connectivity index (χ0n) is 13.1. The highest BCUT2D eigenvalue weighted by molar-refractivity contribution is 7.92. The maximum Gasteiger partial charge on any atom is 0.185 e. The van der Waals surface area contributed by atoms with Crippen LogP contribution in [0.5, 0.6) is 0 Å². The molecule has 112 valence electrons. The Morgan fingerprint density at radius 2 is 1.40 bits per heavy atom. The van der Waals surface area contributed by atoms with E-state index in [0.717, 1.165) is 5.56 Å². The highest BCUT2D eigenvalue weighted by Gasteiger charge is 2.28. The molecule has 0 heterocycles. The minimum Gasteiger partial charge on any atom is -0.298 e. The summed E-state index contributed by atoms with van der Waals surface area (Å²) in [4.78, 5) is 12.1. The normalized spacial score (nSPS) is 13.3. The van der Waals surface area contributed by atoms with Crippen LogP contribution >= 0.6 is 0 Å². The molecule has 0 N–H and O–H groups in total. The summed E-state index contributed by atoms with van der Waals surface area (Å²) in [7, 11) is -3.55. The zero-order valence-corrected chi connectivity index (χ0v) is 14.0. The molecule has 1 aromatic carbocycles. The maximum absolute atomic E-state index is 12.2. The van der Waals surface area contributed by atoms with Gasteiger partial charge in [0.25, 0.3) is 0 Å². The van der Waals surface area contributed by atoms with E-state index in [1.165, 1.54) is 0 Å². The predicted molar refractivity (Wildman–Crippen MR) is 81.7 cm³/mol. The van der Waals surface area contributed by atoms with Gasteiger partial charge < -0.3 is 0 Å². The summed E-state index contributed by atoms with van der Waals surface area (Å²) in [5.74, 6) is -0.705. The molecule has 0 aliphatic carbocycles. The average molecular weight is 296 g/mol. The Labute approximate surface area is 122 Å². The van der Waals surface area contributed by atoms with Gasteiger partial charge in [0.2, 0.25) is 0 Å². The van der Waals surface area contributed by atoms with Crippen molar-refractivity contribution < 1.29 is 13.2 Å². The van der Waals surface area contributed by atoms with E-state index in [4.69, 9.17) is 0 Å². The lowest BCUT2D eigenvalue weighted by Gasteiger charge is -2.19. The van der Waals surface area contributed by atoms with Crippen LogP contribution in [0.1, 0.15) is 47.1 Å². The molecule has 20 heavy (non-hydrogen) atoms. The highest BCUT2D eigenvalue weighted by atomic mass is 32.2. The fourth-order valence-electron chi connectivity index (χ4n) is 1.63. The van der Waals surface area contributed by atoms with Crippen LogP contribution < -0.4 is 0 Å². The van der Waals surface area contributed by atoms with Crippen molar-refractivity contribution in [1.82, 2.24) is 0 Å². The Balaban J connectivity index is 3.03. The topological polar surface area (TPSA) is 51.2 Å². The number of benzene rings is 1. The Bertz CT molecular complexity index is 582. The molecule has 0 aliphatic rings. The molecular weight excluding hydrogens is 272 g/mol. The molecule has 0 saturated carbocycles. The lowest BCUT2D eigenvalue weighted by Crippen LogP contribution is -2.28. The summed E-state index contributed by atoms with van der Waals surface area (Å²) in [5, 5.41) is 0. The van der Waals surface area contributed by atoms with Crippen LogP contribution in [-0.2, 0) is 20.0 Å². The van der Waals surface area contributed by atoms with Crippen LogP contribution in [-0.4, -0.2) is 20.0 Å². The minimum absolute atomic E-state index is 0.0243. The minimum atomic E-state index is -3.55. The van der Waals surface area contributed by atoms with Crippen LogP contribution in [0, 0.1) is 5.41 Å². The van der Waals surface area contributed by atoms with Crippen molar-refractivity contribution in [1.29, 1.82) is 0 Å². The van der Waals surface area contributed by atoms with E-state index >= 15 is 0 Å². The first-order valence-corrected chi connectivity index (χ1v) is 8.36. The molecule has 0 radical (unpaired) electrons. The number of ketones is 1. The molecule has 0 aliphatic heterocycles. The lowest BCUT2D eigenvalue weighted by atomic mass is 9.87. The molecule has 0 unspecified atom stereocenters. The standard InChI is InChI=1S/C16H24O3S/c1-15(2,3)12-7-9-13(10-8-12)20(18,19)11-14(17)16(4,5)6/h7-10H,11H2,1-6H3. The van der Waals surface area contributed by atoms with Gasteiger partial charge in [-0.05, 0) is 23.1 Å². The largest absolute Gasteiger partial charge is 0.298 e.